The number of amides is 1. The van der Waals surface area contributed by atoms with E-state index < -0.39 is 28.4 Å². The van der Waals surface area contributed by atoms with Crippen LogP contribution in [0.4, 0.5) is 5.69 Å². The topological polar surface area (TPSA) is 133 Å². The largest absolute Gasteiger partial charge is 0.497 e. The average Bonchev–Trinajstić information content (AvgIpc) is 2.99. The number of sulfonamides is 1. The first-order valence-electron chi connectivity index (χ1n) is 12.7. The normalized spacial score (nSPS) is 11.1. The summed E-state index contributed by atoms with van der Waals surface area (Å²) in [6.07, 6.45) is 3.31. The highest BCUT2D eigenvalue weighted by Crippen LogP contribution is 2.35. The molecule has 0 aromatic heterocycles. The van der Waals surface area contributed by atoms with Gasteiger partial charge in [0.1, 0.15) is 30.4 Å². The second-order valence-electron chi connectivity index (χ2n) is 8.73. The van der Waals surface area contributed by atoms with Gasteiger partial charge in [0.15, 0.2) is 6.61 Å². The van der Waals surface area contributed by atoms with E-state index in [0.29, 0.717) is 29.4 Å². The predicted octanol–water partition coefficient (Wildman–Crippen LogP) is 3.64. The number of hydrazone groups is 1. The third-order valence-electron chi connectivity index (χ3n) is 5.74. The third kappa shape index (κ3) is 9.14. The maximum atomic E-state index is 13.7. The first-order chi connectivity index (χ1) is 20.2. The molecule has 0 saturated carbocycles. The van der Waals surface area contributed by atoms with Crippen LogP contribution in [0.15, 0.2) is 76.7 Å². The monoisotopic (exact) mass is 615 g/mol. The van der Waals surface area contributed by atoms with Gasteiger partial charge in [-0.2, -0.15) is 16.9 Å². The van der Waals surface area contributed by atoms with E-state index in [1.54, 1.807) is 60.3 Å². The molecule has 0 atom stereocenters. The van der Waals surface area contributed by atoms with Crippen LogP contribution in [-0.4, -0.2) is 72.5 Å². The van der Waals surface area contributed by atoms with Gasteiger partial charge in [-0.1, -0.05) is 17.7 Å². The lowest BCUT2D eigenvalue weighted by molar-refractivity contribution is -0.145. The number of esters is 1. The van der Waals surface area contributed by atoms with E-state index in [4.69, 9.17) is 18.9 Å². The number of ether oxygens (including phenoxy) is 4. The highest BCUT2D eigenvalue weighted by molar-refractivity contribution is 7.98. The summed E-state index contributed by atoms with van der Waals surface area (Å²) in [5, 5.41) is 3.96. The zero-order valence-electron chi connectivity index (χ0n) is 23.7. The van der Waals surface area contributed by atoms with Crippen molar-refractivity contribution in [1.29, 1.82) is 0 Å². The smallest absolute Gasteiger partial charge is 0.344 e. The summed E-state index contributed by atoms with van der Waals surface area (Å²) in [5.74, 6) is 0.648. The molecule has 0 unspecified atom stereocenters. The Balaban J connectivity index is 1.72. The summed E-state index contributed by atoms with van der Waals surface area (Å²) in [6, 6.07) is 17.6. The Morgan fingerprint density at radius 3 is 2.31 bits per heavy atom. The zero-order valence-corrected chi connectivity index (χ0v) is 25.4. The molecule has 3 aromatic carbocycles. The summed E-state index contributed by atoms with van der Waals surface area (Å²) >= 11 is 1.58. The Bertz CT molecular complexity index is 1480. The van der Waals surface area contributed by atoms with Crippen molar-refractivity contribution >= 4 is 45.6 Å². The van der Waals surface area contributed by atoms with Gasteiger partial charge in [-0.15, -0.1) is 0 Å². The molecule has 0 aliphatic rings. The minimum absolute atomic E-state index is 0.00445. The molecule has 0 spiro atoms. The van der Waals surface area contributed by atoms with Crippen molar-refractivity contribution in [2.45, 2.75) is 11.8 Å². The number of thioether (sulfide) groups is 1. The molecule has 13 heteroatoms. The van der Waals surface area contributed by atoms with E-state index in [1.807, 2.05) is 13.2 Å². The van der Waals surface area contributed by atoms with Crippen LogP contribution in [0.25, 0.3) is 0 Å². The summed E-state index contributed by atoms with van der Waals surface area (Å²) in [4.78, 5) is 24.6. The van der Waals surface area contributed by atoms with Crippen molar-refractivity contribution in [3.05, 3.63) is 77.9 Å². The quantitative estimate of drug-likeness (QED) is 0.118. The van der Waals surface area contributed by atoms with Crippen LogP contribution in [0.5, 0.6) is 17.2 Å². The number of carbonyl (C=O) groups is 2. The van der Waals surface area contributed by atoms with Gasteiger partial charge >= 0.3 is 5.97 Å². The minimum Gasteiger partial charge on any atom is -0.497 e. The Hall–Kier alpha value is -4.23. The number of nitrogens with one attached hydrogen (secondary N) is 1. The molecule has 11 nitrogen and oxygen atoms in total. The van der Waals surface area contributed by atoms with Crippen molar-refractivity contribution in [3.8, 4) is 17.2 Å². The van der Waals surface area contributed by atoms with Gasteiger partial charge in [0.05, 0.1) is 31.0 Å². The molecule has 42 heavy (non-hydrogen) atoms. The molecular weight excluding hydrogens is 582 g/mol. The Morgan fingerprint density at radius 1 is 0.976 bits per heavy atom. The van der Waals surface area contributed by atoms with Gasteiger partial charge < -0.3 is 18.9 Å². The molecule has 0 fully saturated rings. The lowest BCUT2D eigenvalue weighted by atomic mass is 10.2. The number of nitrogens with zero attached hydrogens (tertiary/aromatic N) is 2. The Kier molecular flexibility index (Phi) is 12.1. The van der Waals surface area contributed by atoms with E-state index in [9.17, 15) is 18.0 Å². The number of hydrogen-bond acceptors (Lipinski definition) is 10. The van der Waals surface area contributed by atoms with Gasteiger partial charge in [0.25, 0.3) is 15.9 Å². The van der Waals surface area contributed by atoms with Crippen molar-refractivity contribution in [2.75, 3.05) is 50.3 Å². The van der Waals surface area contributed by atoms with E-state index >= 15 is 0 Å². The van der Waals surface area contributed by atoms with Crippen molar-refractivity contribution in [3.63, 3.8) is 0 Å². The highest BCUT2D eigenvalue weighted by atomic mass is 32.2. The molecule has 0 aliphatic heterocycles. The van der Waals surface area contributed by atoms with Gasteiger partial charge in [0.2, 0.25) is 0 Å². The second kappa shape index (κ2) is 15.7. The Labute approximate surface area is 249 Å². The number of aryl methyl sites for hydroxylation is 1. The van der Waals surface area contributed by atoms with Gasteiger partial charge in [-0.25, -0.2) is 18.6 Å². The fraction of sp³-hybridized carbons (Fsp3) is 0.276. The summed E-state index contributed by atoms with van der Waals surface area (Å²) < 4.78 is 49.5. The molecule has 0 radical (unpaired) electrons. The SMILES string of the molecule is COc1ccc(OC)c(N(CC(=O)N/N=C/c2ccc(OCC(=O)OCCSC)cc2)S(=O)(=O)c2ccc(C)cc2)c1. The number of rotatable bonds is 15. The van der Waals surface area contributed by atoms with Gasteiger partial charge in [-0.3, -0.25) is 9.10 Å². The first kappa shape index (κ1) is 32.3. The molecule has 3 rings (SSSR count). The fourth-order valence-electron chi connectivity index (χ4n) is 3.55. The van der Waals surface area contributed by atoms with Crippen molar-refractivity contribution in [2.24, 2.45) is 5.10 Å². The summed E-state index contributed by atoms with van der Waals surface area (Å²) in [5.41, 5.74) is 4.01. The van der Waals surface area contributed by atoms with Crippen molar-refractivity contribution < 1.29 is 37.0 Å². The number of benzene rings is 3. The van der Waals surface area contributed by atoms with E-state index in [-0.39, 0.29) is 22.9 Å². The van der Waals surface area contributed by atoms with Crippen LogP contribution in [-0.2, 0) is 24.3 Å². The van der Waals surface area contributed by atoms with Crippen LogP contribution in [0, 0.1) is 6.92 Å². The molecule has 0 heterocycles. The number of hydrogen-bond donors (Lipinski definition) is 1. The molecule has 3 aromatic rings. The first-order valence-corrected chi connectivity index (χ1v) is 15.5. The van der Waals surface area contributed by atoms with Crippen LogP contribution >= 0.6 is 11.8 Å². The molecule has 1 amide bonds. The van der Waals surface area contributed by atoms with Gasteiger partial charge in [0, 0.05) is 11.8 Å². The fourth-order valence-corrected chi connectivity index (χ4v) is 5.22. The lowest BCUT2D eigenvalue weighted by Crippen LogP contribution is -2.39. The summed E-state index contributed by atoms with van der Waals surface area (Å²) in [6.45, 7) is 1.37. The lowest BCUT2D eigenvalue weighted by Gasteiger charge is -2.25. The van der Waals surface area contributed by atoms with E-state index in [2.05, 4.69) is 10.5 Å². The minimum atomic E-state index is -4.19. The number of carbonyl (C=O) groups excluding carboxylic acids is 2. The molecule has 0 aliphatic carbocycles. The van der Waals surface area contributed by atoms with Crippen LogP contribution in [0.3, 0.4) is 0 Å². The maximum Gasteiger partial charge on any atom is 0.344 e. The van der Waals surface area contributed by atoms with Crippen LogP contribution in [0.1, 0.15) is 11.1 Å². The summed E-state index contributed by atoms with van der Waals surface area (Å²) in [7, 11) is -1.33. The van der Waals surface area contributed by atoms with Gasteiger partial charge in [-0.05, 0) is 67.3 Å². The molecule has 1 N–H and O–H groups in total. The number of anilines is 1. The average molecular weight is 616 g/mol. The molecule has 0 bridgehead atoms. The zero-order chi connectivity index (χ0) is 30.5. The highest BCUT2D eigenvalue weighted by Gasteiger charge is 2.30. The standard InChI is InChI=1S/C29H33N3O8S2/c1-21-5-12-25(13-6-21)42(35,36)32(26-17-24(37-2)11-14-27(26)38-3)19-28(33)31-30-18-22-7-9-23(10-8-22)40-20-29(34)39-15-16-41-4/h5-14,17-18H,15-16,19-20H2,1-4H3,(H,31,33)/b30-18+. The van der Waals surface area contributed by atoms with Crippen LogP contribution in [0.2, 0.25) is 0 Å². The molecule has 0 saturated heterocycles. The maximum absolute atomic E-state index is 13.7. The van der Waals surface area contributed by atoms with Crippen molar-refractivity contribution in [1.82, 2.24) is 5.43 Å². The number of methoxy groups -OCH3 is 2. The molecular formula is C29H33N3O8S2. The van der Waals surface area contributed by atoms with E-state index in [0.717, 1.165) is 9.87 Å². The van der Waals surface area contributed by atoms with Crippen LogP contribution < -0.4 is 23.9 Å². The van der Waals surface area contributed by atoms with E-state index in [1.165, 1.54) is 38.6 Å². The third-order valence-corrected chi connectivity index (χ3v) is 8.09. The second-order valence-corrected chi connectivity index (χ2v) is 11.6. The molecule has 224 valence electrons. The Morgan fingerprint density at radius 2 is 1.67 bits per heavy atom. The predicted molar refractivity (Wildman–Crippen MR) is 162 cm³/mol.